The number of amides is 2. The fourth-order valence-corrected chi connectivity index (χ4v) is 4.12. The lowest BCUT2D eigenvalue weighted by molar-refractivity contribution is -0.137. The first kappa shape index (κ1) is 30.8. The van der Waals surface area contributed by atoms with Crippen molar-refractivity contribution in [3.63, 3.8) is 0 Å². The summed E-state index contributed by atoms with van der Waals surface area (Å²) in [6.45, 7) is 0.220. The van der Waals surface area contributed by atoms with Gasteiger partial charge in [-0.25, -0.2) is 0 Å². The maximum absolute atomic E-state index is 13.2. The van der Waals surface area contributed by atoms with Gasteiger partial charge in [0.2, 0.25) is 0 Å². The van der Waals surface area contributed by atoms with Gasteiger partial charge >= 0.3 is 6.18 Å². The molecule has 0 aliphatic rings. The predicted molar refractivity (Wildman–Crippen MR) is 154 cm³/mol. The van der Waals surface area contributed by atoms with Gasteiger partial charge in [0.25, 0.3) is 11.8 Å². The second-order valence-electron chi connectivity index (χ2n) is 9.22. The van der Waals surface area contributed by atoms with Gasteiger partial charge in [-0.2, -0.15) is 13.2 Å². The van der Waals surface area contributed by atoms with E-state index in [0.29, 0.717) is 23.7 Å². The van der Waals surface area contributed by atoms with Crippen molar-refractivity contribution >= 4 is 17.9 Å². The number of carbonyl (C=O) groups excluding carboxylic acids is 2. The lowest BCUT2D eigenvalue weighted by Gasteiger charge is -2.12. The second-order valence-corrected chi connectivity index (χ2v) is 9.22. The zero-order chi connectivity index (χ0) is 31.0. The van der Waals surface area contributed by atoms with Crippen LogP contribution in [0.15, 0.2) is 89.0 Å². The van der Waals surface area contributed by atoms with Crippen LogP contribution in [0.3, 0.4) is 0 Å². The van der Waals surface area contributed by atoms with Crippen LogP contribution in [0.25, 0.3) is 17.4 Å². The molecule has 0 spiro atoms. The summed E-state index contributed by atoms with van der Waals surface area (Å²) in [5, 5.41) is 5.38. The minimum atomic E-state index is -4.51. The molecule has 0 saturated carbocycles. The number of alkyl halides is 3. The molecule has 43 heavy (non-hydrogen) atoms. The Morgan fingerprint density at radius 1 is 0.860 bits per heavy atom. The predicted octanol–water partition coefficient (Wildman–Crippen LogP) is 6.12. The highest BCUT2D eigenvalue weighted by atomic mass is 19.4. The second kappa shape index (κ2) is 13.6. The lowest BCUT2D eigenvalue weighted by atomic mass is 10.1. The van der Waals surface area contributed by atoms with Gasteiger partial charge in [0, 0.05) is 23.7 Å². The van der Waals surface area contributed by atoms with Crippen LogP contribution in [0.2, 0.25) is 0 Å². The Labute approximate surface area is 246 Å². The van der Waals surface area contributed by atoms with Gasteiger partial charge in [-0.1, -0.05) is 18.2 Å². The maximum Gasteiger partial charge on any atom is 0.416 e. The molecule has 1 aromatic heterocycles. The minimum Gasteiger partial charge on any atom is -0.497 e. The Morgan fingerprint density at radius 3 is 2.28 bits per heavy atom. The highest BCUT2D eigenvalue weighted by molar-refractivity contribution is 6.05. The summed E-state index contributed by atoms with van der Waals surface area (Å²) in [5.41, 5.74) is 0.409. The van der Waals surface area contributed by atoms with Crippen molar-refractivity contribution in [1.82, 2.24) is 10.6 Å². The van der Waals surface area contributed by atoms with Crippen LogP contribution in [0.5, 0.6) is 17.2 Å². The summed E-state index contributed by atoms with van der Waals surface area (Å²) in [6.07, 6.45) is -2.75. The number of ether oxygens (including phenoxy) is 3. The van der Waals surface area contributed by atoms with E-state index in [-0.39, 0.29) is 34.9 Å². The molecule has 2 amide bonds. The lowest BCUT2D eigenvalue weighted by Crippen LogP contribution is -2.35. The SMILES string of the molecule is COc1ccc(C(=O)N/C(=C/c2ccc(-c3cccc(C(F)(F)F)c3)o2)C(=O)NCCc2ccc(OC)c(OC)c2)cc1. The molecule has 0 atom stereocenters. The van der Waals surface area contributed by atoms with E-state index in [1.165, 1.54) is 51.7 Å². The number of carbonyl (C=O) groups is 2. The van der Waals surface area contributed by atoms with Crippen LogP contribution in [-0.4, -0.2) is 39.7 Å². The van der Waals surface area contributed by atoms with Crippen molar-refractivity contribution in [3.8, 4) is 28.6 Å². The number of furan rings is 1. The quantitative estimate of drug-likeness (QED) is 0.203. The third kappa shape index (κ3) is 7.97. The topological polar surface area (TPSA) is 99.0 Å². The van der Waals surface area contributed by atoms with Crippen LogP contribution < -0.4 is 24.8 Å². The zero-order valence-electron chi connectivity index (χ0n) is 23.6. The van der Waals surface area contributed by atoms with Crippen LogP contribution in [0.1, 0.15) is 27.2 Å². The fourth-order valence-electron chi connectivity index (χ4n) is 4.12. The molecular weight excluding hydrogens is 565 g/mol. The number of hydrogen-bond acceptors (Lipinski definition) is 6. The number of nitrogens with one attached hydrogen (secondary N) is 2. The van der Waals surface area contributed by atoms with Gasteiger partial charge in [0.05, 0.1) is 26.9 Å². The van der Waals surface area contributed by atoms with Crippen molar-refractivity contribution in [1.29, 1.82) is 0 Å². The number of hydrogen-bond donors (Lipinski definition) is 2. The molecule has 0 aliphatic heterocycles. The number of rotatable bonds is 11. The van der Waals surface area contributed by atoms with Gasteiger partial charge < -0.3 is 29.3 Å². The number of benzene rings is 3. The first-order chi connectivity index (χ1) is 20.6. The van der Waals surface area contributed by atoms with Gasteiger partial charge in [0.15, 0.2) is 11.5 Å². The first-order valence-corrected chi connectivity index (χ1v) is 13.0. The molecule has 224 valence electrons. The van der Waals surface area contributed by atoms with E-state index in [0.717, 1.165) is 17.7 Å². The van der Waals surface area contributed by atoms with Crippen LogP contribution >= 0.6 is 0 Å². The van der Waals surface area contributed by atoms with Crippen molar-refractivity contribution < 1.29 is 41.4 Å². The zero-order valence-corrected chi connectivity index (χ0v) is 23.6. The summed E-state index contributed by atoms with van der Waals surface area (Å²) in [4.78, 5) is 26.2. The molecule has 4 aromatic rings. The third-order valence-electron chi connectivity index (χ3n) is 6.38. The van der Waals surface area contributed by atoms with Crippen LogP contribution in [0.4, 0.5) is 13.2 Å². The summed E-state index contributed by atoms with van der Waals surface area (Å²) < 4.78 is 61.0. The summed E-state index contributed by atoms with van der Waals surface area (Å²) in [7, 11) is 4.56. The Kier molecular flexibility index (Phi) is 9.76. The summed E-state index contributed by atoms with van der Waals surface area (Å²) in [6, 6.07) is 19.4. The Morgan fingerprint density at radius 2 is 1.60 bits per heavy atom. The van der Waals surface area contributed by atoms with Gasteiger partial charge in [0.1, 0.15) is 23.0 Å². The third-order valence-corrected chi connectivity index (χ3v) is 6.38. The molecule has 4 rings (SSSR count). The smallest absolute Gasteiger partial charge is 0.416 e. The molecule has 8 nitrogen and oxygen atoms in total. The fraction of sp³-hybridized carbons (Fsp3) is 0.188. The molecule has 0 aliphatic carbocycles. The molecule has 0 unspecified atom stereocenters. The van der Waals surface area contributed by atoms with E-state index in [9.17, 15) is 22.8 Å². The van der Waals surface area contributed by atoms with E-state index in [1.54, 1.807) is 36.4 Å². The van der Waals surface area contributed by atoms with E-state index in [4.69, 9.17) is 18.6 Å². The minimum absolute atomic E-state index is 0.127. The van der Waals surface area contributed by atoms with E-state index < -0.39 is 23.6 Å². The molecule has 11 heteroatoms. The van der Waals surface area contributed by atoms with E-state index in [1.807, 2.05) is 6.07 Å². The molecule has 0 bridgehead atoms. The molecular formula is C32H29F3N2O6. The van der Waals surface area contributed by atoms with E-state index >= 15 is 0 Å². The average Bonchev–Trinajstić information content (AvgIpc) is 3.48. The van der Waals surface area contributed by atoms with Gasteiger partial charge in [-0.3, -0.25) is 9.59 Å². The summed E-state index contributed by atoms with van der Waals surface area (Å²) in [5.74, 6) is 0.822. The standard InChI is InChI=1S/C32H29F3N2O6/c1-40-24-10-8-21(9-11-24)30(38)37-26(31(39)36-16-15-20-7-13-28(41-2)29(17-20)42-3)19-25-12-14-27(43-25)22-5-4-6-23(18-22)32(33,34)35/h4-14,17-19H,15-16H2,1-3H3,(H,36,39)(H,37,38)/b26-19+. The number of halogens is 3. The Hall–Kier alpha value is -5.19. The number of methoxy groups -OCH3 is 3. The highest BCUT2D eigenvalue weighted by Gasteiger charge is 2.30. The van der Waals surface area contributed by atoms with Gasteiger partial charge in [-0.15, -0.1) is 0 Å². The molecule has 1 heterocycles. The maximum atomic E-state index is 13.2. The Bertz CT molecular complexity index is 1610. The summed E-state index contributed by atoms with van der Waals surface area (Å²) >= 11 is 0. The van der Waals surface area contributed by atoms with Gasteiger partial charge in [-0.05, 0) is 72.6 Å². The van der Waals surface area contributed by atoms with E-state index in [2.05, 4.69) is 10.6 Å². The largest absolute Gasteiger partial charge is 0.497 e. The van der Waals surface area contributed by atoms with Crippen molar-refractivity contribution in [2.45, 2.75) is 12.6 Å². The van der Waals surface area contributed by atoms with Crippen molar-refractivity contribution in [2.24, 2.45) is 0 Å². The highest BCUT2D eigenvalue weighted by Crippen LogP contribution is 2.33. The average molecular weight is 595 g/mol. The normalized spacial score (nSPS) is 11.5. The Balaban J connectivity index is 1.55. The molecule has 0 fully saturated rings. The van der Waals surface area contributed by atoms with Crippen LogP contribution in [0, 0.1) is 0 Å². The van der Waals surface area contributed by atoms with Crippen molar-refractivity contribution in [3.05, 3.63) is 107 Å². The molecule has 2 N–H and O–H groups in total. The molecule has 3 aromatic carbocycles. The van der Waals surface area contributed by atoms with Crippen LogP contribution in [-0.2, 0) is 17.4 Å². The van der Waals surface area contributed by atoms with Crippen molar-refractivity contribution in [2.75, 3.05) is 27.9 Å². The molecule has 0 saturated heterocycles. The first-order valence-electron chi connectivity index (χ1n) is 13.0. The molecule has 0 radical (unpaired) electrons. The monoisotopic (exact) mass is 594 g/mol.